The molecule has 2 heterocycles. The summed E-state index contributed by atoms with van der Waals surface area (Å²) in [4.78, 5) is 7.04. The molecule has 0 aliphatic carbocycles. The Kier molecular flexibility index (Phi) is 5.10. The lowest BCUT2D eigenvalue weighted by Crippen LogP contribution is -2.45. The van der Waals surface area contributed by atoms with Crippen molar-refractivity contribution in [2.24, 2.45) is 0 Å². The fraction of sp³-hybridized carbons (Fsp3) is 0.389. The van der Waals surface area contributed by atoms with Gasteiger partial charge in [-0.2, -0.15) is 0 Å². The molecule has 122 valence electrons. The van der Waals surface area contributed by atoms with Gasteiger partial charge in [0.1, 0.15) is 11.5 Å². The molecule has 5 heteroatoms. The quantitative estimate of drug-likeness (QED) is 0.916. The number of ether oxygens (including phenoxy) is 2. The van der Waals surface area contributed by atoms with Crippen LogP contribution in [0.3, 0.4) is 0 Å². The van der Waals surface area contributed by atoms with Crippen LogP contribution in [0.5, 0.6) is 11.5 Å². The number of methoxy groups -OCH3 is 2. The number of hydrogen-bond donors (Lipinski definition) is 1. The predicted octanol–water partition coefficient (Wildman–Crippen LogP) is 2.09. The van der Waals surface area contributed by atoms with Gasteiger partial charge >= 0.3 is 0 Å². The summed E-state index contributed by atoms with van der Waals surface area (Å²) < 4.78 is 11.3. The van der Waals surface area contributed by atoms with Crippen LogP contribution >= 0.6 is 0 Å². The van der Waals surface area contributed by atoms with Crippen molar-refractivity contribution >= 4 is 0 Å². The summed E-state index contributed by atoms with van der Waals surface area (Å²) in [5.41, 5.74) is 2.05. The number of benzene rings is 1. The third-order valence-corrected chi connectivity index (χ3v) is 4.22. The highest BCUT2D eigenvalue weighted by Gasteiger charge is 2.30. The molecule has 1 N–H and O–H groups in total. The van der Waals surface area contributed by atoms with Gasteiger partial charge in [0, 0.05) is 32.4 Å². The van der Waals surface area contributed by atoms with Crippen molar-refractivity contribution in [1.82, 2.24) is 15.2 Å². The van der Waals surface area contributed by atoms with E-state index in [0.717, 1.165) is 48.9 Å². The Balaban J connectivity index is 2.12. The molecule has 2 aromatic rings. The van der Waals surface area contributed by atoms with Crippen LogP contribution in [-0.4, -0.2) is 50.3 Å². The average molecular weight is 313 g/mol. The SMILES string of the molecule is COc1cccc(OC)c1C(c1ccccn1)N1CCNCC1. The Morgan fingerprint density at radius 3 is 2.26 bits per heavy atom. The lowest BCUT2D eigenvalue weighted by atomic mass is 9.98. The zero-order valence-corrected chi connectivity index (χ0v) is 13.7. The molecule has 1 aromatic carbocycles. The van der Waals surface area contributed by atoms with Crippen LogP contribution in [0.4, 0.5) is 0 Å². The summed E-state index contributed by atoms with van der Waals surface area (Å²) in [5.74, 6) is 1.66. The third-order valence-electron chi connectivity index (χ3n) is 4.22. The van der Waals surface area contributed by atoms with Crippen LogP contribution in [0, 0.1) is 0 Å². The van der Waals surface area contributed by atoms with Crippen LogP contribution in [0.15, 0.2) is 42.6 Å². The van der Waals surface area contributed by atoms with E-state index in [1.807, 2.05) is 36.5 Å². The molecule has 0 bridgehead atoms. The molecule has 1 aromatic heterocycles. The Morgan fingerprint density at radius 2 is 1.70 bits per heavy atom. The summed E-state index contributed by atoms with van der Waals surface area (Å²) in [5, 5.41) is 3.41. The lowest BCUT2D eigenvalue weighted by Gasteiger charge is -2.36. The number of piperazine rings is 1. The maximum Gasteiger partial charge on any atom is 0.127 e. The second-order valence-electron chi connectivity index (χ2n) is 5.52. The molecule has 1 unspecified atom stereocenters. The monoisotopic (exact) mass is 313 g/mol. The number of nitrogens with one attached hydrogen (secondary N) is 1. The third kappa shape index (κ3) is 3.30. The maximum atomic E-state index is 5.63. The van der Waals surface area contributed by atoms with Gasteiger partial charge in [-0.15, -0.1) is 0 Å². The van der Waals surface area contributed by atoms with E-state index in [-0.39, 0.29) is 6.04 Å². The van der Waals surface area contributed by atoms with Crippen molar-refractivity contribution < 1.29 is 9.47 Å². The van der Waals surface area contributed by atoms with E-state index in [1.165, 1.54) is 0 Å². The molecule has 1 atom stereocenters. The first kappa shape index (κ1) is 15.8. The van der Waals surface area contributed by atoms with Gasteiger partial charge in [0.05, 0.1) is 31.5 Å². The highest BCUT2D eigenvalue weighted by atomic mass is 16.5. The summed E-state index contributed by atoms with van der Waals surface area (Å²) in [7, 11) is 3.40. The summed E-state index contributed by atoms with van der Waals surface area (Å²) in [6, 6.07) is 12.0. The predicted molar refractivity (Wildman–Crippen MR) is 90.1 cm³/mol. The van der Waals surface area contributed by atoms with E-state index in [9.17, 15) is 0 Å². The Labute approximate surface area is 137 Å². The smallest absolute Gasteiger partial charge is 0.127 e. The first-order chi connectivity index (χ1) is 11.3. The average Bonchev–Trinajstić information content (AvgIpc) is 2.64. The minimum absolute atomic E-state index is 0.0180. The van der Waals surface area contributed by atoms with E-state index >= 15 is 0 Å². The summed E-state index contributed by atoms with van der Waals surface area (Å²) in [6.45, 7) is 3.87. The Morgan fingerprint density at radius 1 is 1.00 bits per heavy atom. The van der Waals surface area contributed by atoms with Crippen LogP contribution in [0.1, 0.15) is 17.3 Å². The number of pyridine rings is 1. The molecule has 23 heavy (non-hydrogen) atoms. The molecule has 1 fully saturated rings. The molecule has 0 spiro atoms. The molecule has 5 nitrogen and oxygen atoms in total. The molecule has 0 radical (unpaired) electrons. The fourth-order valence-electron chi connectivity index (χ4n) is 3.14. The van der Waals surface area contributed by atoms with Gasteiger partial charge in [-0.25, -0.2) is 0 Å². The zero-order valence-electron chi connectivity index (χ0n) is 13.7. The van der Waals surface area contributed by atoms with Gasteiger partial charge in [0.15, 0.2) is 0 Å². The van der Waals surface area contributed by atoms with Gasteiger partial charge in [-0.3, -0.25) is 9.88 Å². The van der Waals surface area contributed by atoms with Crippen molar-refractivity contribution in [3.63, 3.8) is 0 Å². The van der Waals surface area contributed by atoms with Gasteiger partial charge in [-0.05, 0) is 24.3 Å². The van der Waals surface area contributed by atoms with Crippen molar-refractivity contribution in [3.8, 4) is 11.5 Å². The van der Waals surface area contributed by atoms with Crippen LogP contribution in [-0.2, 0) is 0 Å². The van der Waals surface area contributed by atoms with Gasteiger partial charge < -0.3 is 14.8 Å². The van der Waals surface area contributed by atoms with Crippen LogP contribution in [0.2, 0.25) is 0 Å². The van der Waals surface area contributed by atoms with Gasteiger partial charge in [-0.1, -0.05) is 12.1 Å². The molecule has 3 rings (SSSR count). The van der Waals surface area contributed by atoms with Crippen LogP contribution in [0.25, 0.3) is 0 Å². The largest absolute Gasteiger partial charge is 0.496 e. The maximum absolute atomic E-state index is 5.63. The number of aromatic nitrogens is 1. The molecule has 1 aliphatic rings. The number of nitrogens with zero attached hydrogens (tertiary/aromatic N) is 2. The van der Waals surface area contributed by atoms with E-state index in [4.69, 9.17) is 9.47 Å². The molecule has 0 amide bonds. The Bertz CT molecular complexity index is 605. The minimum Gasteiger partial charge on any atom is -0.496 e. The normalized spacial score (nSPS) is 16.8. The van der Waals surface area contributed by atoms with E-state index < -0.39 is 0 Å². The zero-order chi connectivity index (χ0) is 16.1. The number of hydrogen-bond acceptors (Lipinski definition) is 5. The standard InChI is InChI=1S/C18H23N3O2/c1-22-15-7-5-8-16(23-2)17(15)18(14-6-3-4-9-20-14)21-12-10-19-11-13-21/h3-9,18-19H,10-13H2,1-2H3. The van der Waals surface area contributed by atoms with E-state index in [0.29, 0.717) is 0 Å². The molecule has 1 aliphatic heterocycles. The highest BCUT2D eigenvalue weighted by Crippen LogP contribution is 2.40. The van der Waals surface area contributed by atoms with Gasteiger partial charge in [0.2, 0.25) is 0 Å². The summed E-state index contributed by atoms with van der Waals surface area (Å²) >= 11 is 0. The second kappa shape index (κ2) is 7.44. The van der Waals surface area contributed by atoms with Crippen molar-refractivity contribution in [2.45, 2.75) is 6.04 Å². The fourth-order valence-corrected chi connectivity index (χ4v) is 3.14. The first-order valence-electron chi connectivity index (χ1n) is 7.91. The van der Waals surface area contributed by atoms with Crippen molar-refractivity contribution in [3.05, 3.63) is 53.9 Å². The minimum atomic E-state index is 0.0180. The topological polar surface area (TPSA) is 46.6 Å². The number of rotatable bonds is 5. The molecule has 1 saturated heterocycles. The molecule has 0 saturated carbocycles. The van der Waals surface area contributed by atoms with Crippen molar-refractivity contribution in [1.29, 1.82) is 0 Å². The van der Waals surface area contributed by atoms with Gasteiger partial charge in [0.25, 0.3) is 0 Å². The van der Waals surface area contributed by atoms with E-state index in [2.05, 4.69) is 21.3 Å². The Hall–Kier alpha value is -2.11. The molecular weight excluding hydrogens is 290 g/mol. The second-order valence-corrected chi connectivity index (χ2v) is 5.52. The van der Waals surface area contributed by atoms with Crippen LogP contribution < -0.4 is 14.8 Å². The lowest BCUT2D eigenvalue weighted by molar-refractivity contribution is 0.189. The van der Waals surface area contributed by atoms with Crippen molar-refractivity contribution in [2.75, 3.05) is 40.4 Å². The molecular formula is C18H23N3O2. The first-order valence-corrected chi connectivity index (χ1v) is 7.91. The summed E-state index contributed by atoms with van der Waals surface area (Å²) in [6.07, 6.45) is 1.84. The van der Waals surface area contributed by atoms with E-state index in [1.54, 1.807) is 14.2 Å². The highest BCUT2D eigenvalue weighted by molar-refractivity contribution is 5.49.